The molecule has 2 aromatic rings. The van der Waals surface area contributed by atoms with Crippen LogP contribution in [0.25, 0.3) is 10.9 Å². The number of fused-ring (bicyclic) bond motifs is 1. The fourth-order valence-corrected chi connectivity index (χ4v) is 2.46. The molecule has 0 aliphatic rings. The molecule has 1 heterocycles. The molecule has 19 heavy (non-hydrogen) atoms. The second kappa shape index (κ2) is 5.97. The number of halogens is 1. The second-order valence-electron chi connectivity index (χ2n) is 4.57. The molecule has 0 amide bonds. The van der Waals surface area contributed by atoms with Crippen LogP contribution >= 0.6 is 23.4 Å². The summed E-state index contributed by atoms with van der Waals surface area (Å²) in [6, 6.07) is 7.40. The number of hydrogen-bond donors (Lipinski definition) is 0. The number of para-hydroxylation sites is 1. The summed E-state index contributed by atoms with van der Waals surface area (Å²) in [6.07, 6.45) is 2.04. The monoisotopic (exact) mass is 296 g/mol. The van der Waals surface area contributed by atoms with Gasteiger partial charge in [0.25, 0.3) is 5.56 Å². The van der Waals surface area contributed by atoms with Gasteiger partial charge in [0.1, 0.15) is 5.82 Å². The van der Waals surface area contributed by atoms with Crippen molar-refractivity contribution in [1.82, 2.24) is 9.55 Å². The van der Waals surface area contributed by atoms with Gasteiger partial charge in [0.05, 0.1) is 16.3 Å². The molecular formula is C14H17ClN2OS. The molecule has 0 saturated heterocycles. The number of nitrogens with zero attached hydrogens (tertiary/aromatic N) is 2. The lowest BCUT2D eigenvalue weighted by atomic mass is 10.2. The zero-order valence-corrected chi connectivity index (χ0v) is 12.8. The lowest BCUT2D eigenvalue weighted by Crippen LogP contribution is -2.29. The van der Waals surface area contributed by atoms with Gasteiger partial charge in [-0.05, 0) is 25.3 Å². The summed E-state index contributed by atoms with van der Waals surface area (Å²) < 4.78 is 1.71. The standard InChI is InChI=1S/C14H17ClN2OS/c1-9(19-3)8-17-13(10(2)15)16-12-7-5-4-6-11(12)14(17)18/h4-7,9-10H,8H2,1-3H3. The molecule has 0 spiro atoms. The minimum Gasteiger partial charge on any atom is -0.294 e. The van der Waals surface area contributed by atoms with Crippen molar-refractivity contribution in [2.45, 2.75) is 31.0 Å². The van der Waals surface area contributed by atoms with Crippen LogP contribution in [0, 0.1) is 0 Å². The van der Waals surface area contributed by atoms with Gasteiger partial charge >= 0.3 is 0 Å². The Balaban J connectivity index is 2.68. The molecule has 5 heteroatoms. The highest BCUT2D eigenvalue weighted by Gasteiger charge is 2.16. The van der Waals surface area contributed by atoms with Crippen LogP contribution in [0.1, 0.15) is 25.0 Å². The Labute approximate surface area is 122 Å². The van der Waals surface area contributed by atoms with Crippen molar-refractivity contribution in [2.75, 3.05) is 6.26 Å². The van der Waals surface area contributed by atoms with Crippen LogP contribution in [-0.4, -0.2) is 21.1 Å². The van der Waals surface area contributed by atoms with E-state index in [2.05, 4.69) is 11.9 Å². The topological polar surface area (TPSA) is 34.9 Å². The third-order valence-electron chi connectivity index (χ3n) is 3.09. The fourth-order valence-electron chi connectivity index (χ4n) is 2.00. The van der Waals surface area contributed by atoms with E-state index in [0.29, 0.717) is 28.5 Å². The van der Waals surface area contributed by atoms with Gasteiger partial charge in [0, 0.05) is 11.8 Å². The molecule has 0 bridgehead atoms. The van der Waals surface area contributed by atoms with Gasteiger partial charge < -0.3 is 0 Å². The molecule has 0 aliphatic carbocycles. The number of rotatable bonds is 4. The van der Waals surface area contributed by atoms with E-state index in [1.54, 1.807) is 16.3 Å². The molecule has 3 nitrogen and oxygen atoms in total. The van der Waals surface area contributed by atoms with Crippen LogP contribution in [0.3, 0.4) is 0 Å². The maximum atomic E-state index is 12.6. The van der Waals surface area contributed by atoms with Crippen LogP contribution < -0.4 is 5.56 Å². The maximum Gasteiger partial charge on any atom is 0.261 e. The SMILES string of the molecule is CSC(C)Cn1c(C(C)Cl)nc2ccccc2c1=O. The smallest absolute Gasteiger partial charge is 0.261 e. The van der Waals surface area contributed by atoms with Crippen molar-refractivity contribution in [3.63, 3.8) is 0 Å². The molecule has 2 unspecified atom stereocenters. The number of alkyl halides is 1. The van der Waals surface area contributed by atoms with E-state index in [1.807, 2.05) is 37.4 Å². The summed E-state index contributed by atoms with van der Waals surface area (Å²) in [7, 11) is 0. The van der Waals surface area contributed by atoms with Gasteiger partial charge in [0.15, 0.2) is 0 Å². The Bertz CT molecular complexity index is 639. The zero-order chi connectivity index (χ0) is 14.0. The van der Waals surface area contributed by atoms with Gasteiger partial charge in [-0.2, -0.15) is 11.8 Å². The minimum atomic E-state index is -0.286. The molecule has 0 radical (unpaired) electrons. The molecular weight excluding hydrogens is 280 g/mol. The Morgan fingerprint density at radius 2 is 2.05 bits per heavy atom. The van der Waals surface area contributed by atoms with Crippen LogP contribution in [0.2, 0.25) is 0 Å². The molecule has 0 aliphatic heterocycles. The van der Waals surface area contributed by atoms with Crippen molar-refractivity contribution in [2.24, 2.45) is 0 Å². The quantitative estimate of drug-likeness (QED) is 0.811. The summed E-state index contributed by atoms with van der Waals surface area (Å²) in [5.74, 6) is 0.645. The Hall–Kier alpha value is -1.00. The highest BCUT2D eigenvalue weighted by molar-refractivity contribution is 7.99. The molecule has 2 rings (SSSR count). The van der Waals surface area contributed by atoms with Crippen LogP contribution in [0.4, 0.5) is 0 Å². The van der Waals surface area contributed by atoms with Crippen LogP contribution in [-0.2, 0) is 6.54 Å². The predicted molar refractivity (Wildman–Crippen MR) is 83.2 cm³/mol. The molecule has 0 saturated carbocycles. The number of thioether (sulfide) groups is 1. The zero-order valence-electron chi connectivity index (χ0n) is 11.3. The van der Waals surface area contributed by atoms with Crippen molar-refractivity contribution in [1.29, 1.82) is 0 Å². The lowest BCUT2D eigenvalue weighted by Gasteiger charge is -2.17. The highest BCUT2D eigenvalue weighted by Crippen LogP contribution is 2.20. The fraction of sp³-hybridized carbons (Fsp3) is 0.429. The summed E-state index contributed by atoms with van der Waals surface area (Å²) in [5.41, 5.74) is 0.706. The molecule has 1 aromatic carbocycles. The summed E-state index contributed by atoms with van der Waals surface area (Å²) in [5, 5.41) is 0.707. The van der Waals surface area contributed by atoms with E-state index in [-0.39, 0.29) is 10.9 Å². The van der Waals surface area contributed by atoms with Crippen LogP contribution in [0.5, 0.6) is 0 Å². The first kappa shape index (κ1) is 14.4. The van der Waals surface area contributed by atoms with Crippen molar-refractivity contribution in [3.05, 3.63) is 40.4 Å². The average Bonchev–Trinajstić information content (AvgIpc) is 2.41. The van der Waals surface area contributed by atoms with Gasteiger partial charge in [-0.15, -0.1) is 11.6 Å². The summed E-state index contributed by atoms with van der Waals surface area (Å²) in [6.45, 7) is 4.57. The number of benzene rings is 1. The normalized spacial score (nSPS) is 14.5. The molecule has 102 valence electrons. The van der Waals surface area contributed by atoms with Gasteiger partial charge in [0.2, 0.25) is 0 Å². The Kier molecular flexibility index (Phi) is 4.53. The predicted octanol–water partition coefficient (Wildman–Crippen LogP) is 3.45. The minimum absolute atomic E-state index is 0.00556. The first-order valence-electron chi connectivity index (χ1n) is 6.21. The summed E-state index contributed by atoms with van der Waals surface area (Å²) in [4.78, 5) is 17.1. The van der Waals surface area contributed by atoms with Gasteiger partial charge in [-0.3, -0.25) is 9.36 Å². The van der Waals surface area contributed by atoms with Crippen molar-refractivity contribution >= 4 is 34.3 Å². The van der Waals surface area contributed by atoms with E-state index in [4.69, 9.17) is 11.6 Å². The van der Waals surface area contributed by atoms with E-state index in [1.165, 1.54) is 0 Å². The third-order valence-corrected chi connectivity index (χ3v) is 4.24. The molecule has 2 atom stereocenters. The van der Waals surface area contributed by atoms with Crippen molar-refractivity contribution < 1.29 is 0 Å². The average molecular weight is 297 g/mol. The molecule has 0 fully saturated rings. The van der Waals surface area contributed by atoms with E-state index in [9.17, 15) is 4.79 Å². The van der Waals surface area contributed by atoms with E-state index in [0.717, 1.165) is 0 Å². The van der Waals surface area contributed by atoms with Gasteiger partial charge in [-0.25, -0.2) is 4.98 Å². The van der Waals surface area contributed by atoms with Crippen molar-refractivity contribution in [3.8, 4) is 0 Å². The number of hydrogen-bond acceptors (Lipinski definition) is 3. The Morgan fingerprint density at radius 1 is 1.37 bits per heavy atom. The second-order valence-corrected chi connectivity index (χ2v) is 6.50. The van der Waals surface area contributed by atoms with E-state index < -0.39 is 0 Å². The van der Waals surface area contributed by atoms with Gasteiger partial charge in [-0.1, -0.05) is 19.1 Å². The first-order valence-corrected chi connectivity index (χ1v) is 7.93. The van der Waals surface area contributed by atoms with Crippen LogP contribution in [0.15, 0.2) is 29.1 Å². The molecule has 0 N–H and O–H groups in total. The highest BCUT2D eigenvalue weighted by atomic mass is 35.5. The first-order chi connectivity index (χ1) is 9.04. The maximum absolute atomic E-state index is 12.6. The Morgan fingerprint density at radius 3 is 2.68 bits per heavy atom. The molecule has 1 aromatic heterocycles. The largest absolute Gasteiger partial charge is 0.294 e. The van der Waals surface area contributed by atoms with E-state index >= 15 is 0 Å². The number of aromatic nitrogens is 2. The third kappa shape index (κ3) is 2.95. The lowest BCUT2D eigenvalue weighted by molar-refractivity contribution is 0.615. The summed E-state index contributed by atoms with van der Waals surface area (Å²) >= 11 is 7.90.